The minimum Gasteiger partial charge on any atom is -0.486 e. The van der Waals surface area contributed by atoms with Gasteiger partial charge in [0.2, 0.25) is 11.8 Å². The van der Waals surface area contributed by atoms with Gasteiger partial charge in [-0.25, -0.2) is 0 Å². The number of thioether (sulfide) groups is 1. The molecule has 2 fully saturated rings. The number of nitrogens with one attached hydrogen (secondary N) is 1. The maximum Gasteiger partial charge on any atom is 0.244 e. The molecule has 3 heterocycles. The molecule has 27 heavy (non-hydrogen) atoms. The predicted octanol–water partition coefficient (Wildman–Crippen LogP) is 2.73. The molecule has 0 radical (unpaired) electrons. The van der Waals surface area contributed by atoms with E-state index in [1.165, 1.54) is 0 Å². The topological polar surface area (TPSA) is 67.9 Å². The Morgan fingerprint density at radius 3 is 2.78 bits per heavy atom. The van der Waals surface area contributed by atoms with Crippen LogP contribution in [-0.2, 0) is 9.59 Å². The van der Waals surface area contributed by atoms with E-state index in [0.29, 0.717) is 25.4 Å². The van der Waals surface area contributed by atoms with Crippen LogP contribution in [0.15, 0.2) is 18.2 Å². The monoisotopic (exact) mass is 390 g/mol. The molecule has 1 N–H and O–H groups in total. The number of amides is 2. The van der Waals surface area contributed by atoms with Crippen molar-refractivity contribution in [1.82, 2.24) is 10.2 Å². The lowest BCUT2D eigenvalue weighted by Gasteiger charge is -2.32. The van der Waals surface area contributed by atoms with Crippen LogP contribution in [0, 0.1) is 5.92 Å². The summed E-state index contributed by atoms with van der Waals surface area (Å²) in [5, 5.41) is 3.19. The van der Waals surface area contributed by atoms with E-state index in [4.69, 9.17) is 9.47 Å². The average molecular weight is 391 g/mol. The van der Waals surface area contributed by atoms with Crippen molar-refractivity contribution < 1.29 is 19.1 Å². The lowest BCUT2D eigenvalue weighted by molar-refractivity contribution is -0.138. The van der Waals surface area contributed by atoms with E-state index in [0.717, 1.165) is 23.5 Å². The Balaban J connectivity index is 1.54. The highest BCUT2D eigenvalue weighted by Gasteiger charge is 2.53. The molecule has 146 valence electrons. The van der Waals surface area contributed by atoms with Gasteiger partial charge in [-0.05, 0) is 37.0 Å². The fraction of sp³-hybridized carbons (Fsp3) is 0.600. The summed E-state index contributed by atoms with van der Waals surface area (Å²) in [4.78, 5) is 27.0. The summed E-state index contributed by atoms with van der Waals surface area (Å²) in [7, 11) is 0. The van der Waals surface area contributed by atoms with E-state index in [9.17, 15) is 9.59 Å². The van der Waals surface area contributed by atoms with Gasteiger partial charge >= 0.3 is 0 Å². The molecule has 0 aromatic heterocycles. The molecule has 0 unspecified atom stereocenters. The van der Waals surface area contributed by atoms with E-state index in [-0.39, 0.29) is 28.6 Å². The first-order valence-corrected chi connectivity index (χ1v) is 10.5. The zero-order valence-electron chi connectivity index (χ0n) is 16.0. The van der Waals surface area contributed by atoms with Gasteiger partial charge in [0.15, 0.2) is 11.5 Å². The second-order valence-electron chi connectivity index (χ2n) is 7.90. The van der Waals surface area contributed by atoms with Gasteiger partial charge in [0.1, 0.15) is 19.3 Å². The molecule has 1 aromatic rings. The fourth-order valence-electron chi connectivity index (χ4n) is 4.15. The van der Waals surface area contributed by atoms with Gasteiger partial charge < -0.3 is 19.7 Å². The third-order valence-corrected chi connectivity index (χ3v) is 7.14. The van der Waals surface area contributed by atoms with Crippen molar-refractivity contribution in [3.8, 4) is 11.5 Å². The molecule has 0 aliphatic carbocycles. The summed E-state index contributed by atoms with van der Waals surface area (Å²) in [5.41, 5.74) is 0.990. The number of carbonyl (C=O) groups is 2. The minimum atomic E-state index is -0.395. The smallest absolute Gasteiger partial charge is 0.244 e. The quantitative estimate of drug-likeness (QED) is 0.856. The van der Waals surface area contributed by atoms with Gasteiger partial charge in [-0.2, -0.15) is 0 Å². The number of carbonyl (C=O) groups excluding carboxylic acids is 2. The number of hydrogen-bond donors (Lipinski definition) is 1. The molecule has 3 aliphatic rings. The van der Waals surface area contributed by atoms with Crippen LogP contribution in [-0.4, -0.2) is 46.6 Å². The molecule has 0 bridgehead atoms. The zero-order valence-corrected chi connectivity index (χ0v) is 16.8. The number of nitrogens with zero attached hydrogens (tertiary/aromatic N) is 1. The van der Waals surface area contributed by atoms with Gasteiger partial charge in [-0.3, -0.25) is 9.59 Å². The highest BCUT2D eigenvalue weighted by Crippen LogP contribution is 2.47. The standard InChI is InChI=1S/C20H26N2O4S/c1-12(2)18(13-4-5-15-16(10-13)26-9-8-25-15)21-19(24)14-11-27-20(3)7-6-17(23)22(14)20/h4-5,10,12,14,18H,6-9,11H2,1-3H3,(H,21,24)/t14-,18-,20+/m0/s1. The highest BCUT2D eigenvalue weighted by atomic mass is 32.2. The predicted molar refractivity (Wildman–Crippen MR) is 104 cm³/mol. The van der Waals surface area contributed by atoms with Crippen molar-refractivity contribution in [1.29, 1.82) is 0 Å². The first-order chi connectivity index (χ1) is 12.9. The van der Waals surface area contributed by atoms with E-state index >= 15 is 0 Å². The molecule has 1 aromatic carbocycles. The van der Waals surface area contributed by atoms with Gasteiger partial charge in [0.25, 0.3) is 0 Å². The maximum absolute atomic E-state index is 13.1. The van der Waals surface area contributed by atoms with Crippen LogP contribution >= 0.6 is 11.8 Å². The molecular weight excluding hydrogens is 364 g/mol. The number of benzene rings is 1. The van der Waals surface area contributed by atoms with Crippen LogP contribution in [0.5, 0.6) is 11.5 Å². The van der Waals surface area contributed by atoms with Crippen molar-refractivity contribution in [3.05, 3.63) is 23.8 Å². The Hall–Kier alpha value is -1.89. The van der Waals surface area contributed by atoms with Crippen LogP contribution in [0.2, 0.25) is 0 Å². The number of fused-ring (bicyclic) bond motifs is 2. The fourth-order valence-corrected chi connectivity index (χ4v) is 5.58. The Morgan fingerprint density at radius 2 is 2.04 bits per heavy atom. The molecule has 6 nitrogen and oxygen atoms in total. The van der Waals surface area contributed by atoms with Gasteiger partial charge in [0.05, 0.1) is 10.9 Å². The van der Waals surface area contributed by atoms with Crippen LogP contribution in [0.1, 0.15) is 45.2 Å². The first kappa shape index (κ1) is 18.5. The second kappa shape index (κ2) is 6.93. The Labute approximate surface area is 164 Å². The van der Waals surface area contributed by atoms with Crippen molar-refractivity contribution in [3.63, 3.8) is 0 Å². The van der Waals surface area contributed by atoms with E-state index in [1.807, 2.05) is 18.2 Å². The van der Waals surface area contributed by atoms with Gasteiger partial charge in [0, 0.05) is 12.2 Å². The molecule has 3 aliphatic heterocycles. The van der Waals surface area contributed by atoms with Crippen molar-refractivity contribution in [2.45, 2.75) is 50.6 Å². The van der Waals surface area contributed by atoms with Gasteiger partial charge in [-0.15, -0.1) is 11.8 Å². The lowest BCUT2D eigenvalue weighted by atomic mass is 9.95. The summed E-state index contributed by atoms with van der Waals surface area (Å²) in [5.74, 6) is 2.33. The first-order valence-electron chi connectivity index (χ1n) is 9.55. The van der Waals surface area contributed by atoms with Crippen LogP contribution in [0.3, 0.4) is 0 Å². The minimum absolute atomic E-state index is 0.0740. The van der Waals surface area contributed by atoms with Crippen LogP contribution < -0.4 is 14.8 Å². The number of rotatable bonds is 4. The normalized spacial score (nSPS) is 27.6. The summed E-state index contributed by atoms with van der Waals surface area (Å²) in [6.07, 6.45) is 1.35. The lowest BCUT2D eigenvalue weighted by Crippen LogP contribution is -2.51. The van der Waals surface area contributed by atoms with Crippen LogP contribution in [0.4, 0.5) is 0 Å². The SMILES string of the molecule is CC(C)[C@H](NC(=O)[C@@H]1CS[C@]2(C)CCC(=O)N12)c1ccc2c(c1)OCCO2. The molecular formula is C20H26N2O4S. The van der Waals surface area contributed by atoms with Crippen molar-refractivity contribution >= 4 is 23.6 Å². The number of ether oxygens (including phenoxy) is 2. The Bertz CT molecular complexity index is 768. The van der Waals surface area contributed by atoms with Crippen molar-refractivity contribution in [2.24, 2.45) is 5.92 Å². The third kappa shape index (κ3) is 3.26. The van der Waals surface area contributed by atoms with Crippen LogP contribution in [0.25, 0.3) is 0 Å². The molecule has 2 saturated heterocycles. The summed E-state index contributed by atoms with van der Waals surface area (Å²) >= 11 is 1.71. The molecule has 2 amide bonds. The second-order valence-corrected chi connectivity index (χ2v) is 9.40. The maximum atomic E-state index is 13.1. The molecule has 0 spiro atoms. The molecule has 3 atom stereocenters. The molecule has 7 heteroatoms. The molecule has 4 rings (SSSR count). The van der Waals surface area contributed by atoms with E-state index < -0.39 is 6.04 Å². The van der Waals surface area contributed by atoms with E-state index in [1.54, 1.807) is 16.7 Å². The Morgan fingerprint density at radius 1 is 1.30 bits per heavy atom. The Kier molecular flexibility index (Phi) is 4.74. The summed E-state index contributed by atoms with van der Waals surface area (Å²) < 4.78 is 11.3. The van der Waals surface area contributed by atoms with Crippen molar-refractivity contribution in [2.75, 3.05) is 19.0 Å². The summed E-state index contributed by atoms with van der Waals surface area (Å²) in [6.45, 7) is 7.31. The molecule has 0 saturated carbocycles. The number of hydrogen-bond acceptors (Lipinski definition) is 5. The summed E-state index contributed by atoms with van der Waals surface area (Å²) in [6, 6.07) is 5.29. The average Bonchev–Trinajstić information content (AvgIpc) is 3.15. The third-order valence-electron chi connectivity index (χ3n) is 5.64. The van der Waals surface area contributed by atoms with E-state index in [2.05, 4.69) is 26.1 Å². The highest BCUT2D eigenvalue weighted by molar-refractivity contribution is 8.01. The largest absolute Gasteiger partial charge is 0.486 e. The zero-order chi connectivity index (χ0) is 19.2. The van der Waals surface area contributed by atoms with Gasteiger partial charge in [-0.1, -0.05) is 19.9 Å².